The van der Waals surface area contributed by atoms with Crippen LogP contribution in [-0.4, -0.2) is 18.2 Å². The highest BCUT2D eigenvalue weighted by atomic mass is 16.5. The summed E-state index contributed by atoms with van der Waals surface area (Å²) in [6.45, 7) is 6.60. The minimum Gasteiger partial charge on any atom is -0.489 e. The molecule has 1 fully saturated rings. The fourth-order valence-corrected chi connectivity index (χ4v) is 2.85. The lowest BCUT2D eigenvalue weighted by molar-refractivity contribution is 0.301. The lowest BCUT2D eigenvalue weighted by Gasteiger charge is -2.23. The zero-order valence-electron chi connectivity index (χ0n) is 12.7. The normalized spacial score (nSPS) is 16.1. The van der Waals surface area contributed by atoms with E-state index in [4.69, 9.17) is 9.26 Å². The molecule has 1 saturated heterocycles. The van der Waals surface area contributed by atoms with Crippen molar-refractivity contribution in [3.63, 3.8) is 0 Å². The van der Waals surface area contributed by atoms with Crippen molar-refractivity contribution < 1.29 is 9.26 Å². The number of hydrogen-bond acceptors (Lipinski definition) is 4. The summed E-state index contributed by atoms with van der Waals surface area (Å²) in [7, 11) is 0. The quantitative estimate of drug-likeness (QED) is 0.936. The molecule has 0 saturated carbocycles. The molecule has 21 heavy (non-hydrogen) atoms. The number of benzene rings is 1. The number of aryl methyl sites for hydroxylation is 2. The standard InChI is InChI=1S/C17H22N2O2/c1-12-17(13(2)21-19-12)11-20-16-5-3-14(4-6-16)15-7-9-18-10-8-15/h3-6,15,18H,7-11H2,1-2H3. The molecule has 1 aliphatic heterocycles. The molecule has 1 aromatic carbocycles. The fraction of sp³-hybridized carbons (Fsp3) is 0.471. The summed E-state index contributed by atoms with van der Waals surface area (Å²) in [6.07, 6.45) is 2.44. The molecule has 112 valence electrons. The van der Waals surface area contributed by atoms with Crippen molar-refractivity contribution in [3.8, 4) is 5.75 Å². The largest absolute Gasteiger partial charge is 0.489 e. The van der Waals surface area contributed by atoms with Crippen LogP contribution in [0.3, 0.4) is 0 Å². The molecule has 4 heteroatoms. The van der Waals surface area contributed by atoms with Gasteiger partial charge in [-0.3, -0.25) is 0 Å². The molecular formula is C17H22N2O2. The SMILES string of the molecule is Cc1noc(C)c1COc1ccc(C2CCNCC2)cc1. The van der Waals surface area contributed by atoms with E-state index >= 15 is 0 Å². The van der Waals surface area contributed by atoms with E-state index in [1.54, 1.807) is 0 Å². The second-order valence-electron chi connectivity index (χ2n) is 5.68. The van der Waals surface area contributed by atoms with Gasteiger partial charge in [-0.05, 0) is 63.4 Å². The van der Waals surface area contributed by atoms with Gasteiger partial charge in [-0.2, -0.15) is 0 Å². The summed E-state index contributed by atoms with van der Waals surface area (Å²) in [5, 5.41) is 7.35. The second kappa shape index (κ2) is 6.31. The monoisotopic (exact) mass is 286 g/mol. The Kier molecular flexibility index (Phi) is 4.25. The van der Waals surface area contributed by atoms with Crippen LogP contribution in [0.5, 0.6) is 5.75 Å². The summed E-state index contributed by atoms with van der Waals surface area (Å²) in [5.74, 6) is 2.41. The van der Waals surface area contributed by atoms with Crippen LogP contribution in [-0.2, 0) is 6.61 Å². The summed E-state index contributed by atoms with van der Waals surface area (Å²) >= 11 is 0. The van der Waals surface area contributed by atoms with Crippen molar-refractivity contribution in [3.05, 3.63) is 46.8 Å². The third-order valence-electron chi connectivity index (χ3n) is 4.26. The summed E-state index contributed by atoms with van der Waals surface area (Å²) in [6, 6.07) is 8.52. The summed E-state index contributed by atoms with van der Waals surface area (Å²) in [4.78, 5) is 0. The van der Waals surface area contributed by atoms with Gasteiger partial charge in [0, 0.05) is 0 Å². The van der Waals surface area contributed by atoms with Crippen LogP contribution in [0.2, 0.25) is 0 Å². The van der Waals surface area contributed by atoms with Crippen LogP contribution in [0, 0.1) is 13.8 Å². The van der Waals surface area contributed by atoms with E-state index in [9.17, 15) is 0 Å². The van der Waals surface area contributed by atoms with Crippen molar-refractivity contribution >= 4 is 0 Å². The van der Waals surface area contributed by atoms with Crippen molar-refractivity contribution in [1.29, 1.82) is 0 Å². The Labute approximate surface area is 125 Å². The van der Waals surface area contributed by atoms with Crippen LogP contribution in [0.4, 0.5) is 0 Å². The third-order valence-corrected chi connectivity index (χ3v) is 4.26. The number of piperidine rings is 1. The van der Waals surface area contributed by atoms with Crippen LogP contribution in [0.1, 0.15) is 41.3 Å². The number of rotatable bonds is 4. The highest BCUT2D eigenvalue weighted by Crippen LogP contribution is 2.27. The second-order valence-corrected chi connectivity index (χ2v) is 5.68. The smallest absolute Gasteiger partial charge is 0.140 e. The predicted molar refractivity (Wildman–Crippen MR) is 81.6 cm³/mol. The maximum atomic E-state index is 5.84. The van der Waals surface area contributed by atoms with Gasteiger partial charge in [-0.15, -0.1) is 0 Å². The Morgan fingerprint density at radius 2 is 1.90 bits per heavy atom. The van der Waals surface area contributed by atoms with Gasteiger partial charge in [0.25, 0.3) is 0 Å². The van der Waals surface area contributed by atoms with Crippen LogP contribution in [0.15, 0.2) is 28.8 Å². The molecular weight excluding hydrogens is 264 g/mol. The van der Waals surface area contributed by atoms with Crippen molar-refractivity contribution in [2.45, 2.75) is 39.2 Å². The summed E-state index contributed by atoms with van der Waals surface area (Å²) < 4.78 is 11.0. The first kappa shape index (κ1) is 14.1. The highest BCUT2D eigenvalue weighted by Gasteiger charge is 2.15. The van der Waals surface area contributed by atoms with E-state index in [-0.39, 0.29) is 0 Å². The van der Waals surface area contributed by atoms with Gasteiger partial charge in [-0.1, -0.05) is 17.3 Å². The van der Waals surface area contributed by atoms with Crippen molar-refractivity contribution in [2.24, 2.45) is 0 Å². The number of ether oxygens (including phenoxy) is 1. The molecule has 0 bridgehead atoms. The molecule has 1 aromatic heterocycles. The molecule has 0 atom stereocenters. The van der Waals surface area contributed by atoms with E-state index in [0.29, 0.717) is 12.5 Å². The molecule has 2 aromatic rings. The van der Waals surface area contributed by atoms with Gasteiger partial charge in [0.05, 0.1) is 11.3 Å². The average Bonchev–Trinajstić information content (AvgIpc) is 2.85. The van der Waals surface area contributed by atoms with Gasteiger partial charge in [0.15, 0.2) is 0 Å². The molecule has 0 unspecified atom stereocenters. The van der Waals surface area contributed by atoms with Gasteiger partial charge in [0.2, 0.25) is 0 Å². The van der Waals surface area contributed by atoms with Crippen molar-refractivity contribution in [1.82, 2.24) is 10.5 Å². The maximum Gasteiger partial charge on any atom is 0.140 e. The van der Waals surface area contributed by atoms with Gasteiger partial charge in [-0.25, -0.2) is 0 Å². The molecule has 4 nitrogen and oxygen atoms in total. The Hall–Kier alpha value is -1.81. The molecule has 3 rings (SSSR count). The number of aromatic nitrogens is 1. The van der Waals surface area contributed by atoms with Gasteiger partial charge < -0.3 is 14.6 Å². The average molecular weight is 286 g/mol. The molecule has 0 spiro atoms. The van der Waals surface area contributed by atoms with Crippen LogP contribution < -0.4 is 10.1 Å². The highest BCUT2D eigenvalue weighted by molar-refractivity contribution is 5.30. The topological polar surface area (TPSA) is 47.3 Å². The number of nitrogens with one attached hydrogen (secondary N) is 1. The van der Waals surface area contributed by atoms with Crippen molar-refractivity contribution in [2.75, 3.05) is 13.1 Å². The minimum absolute atomic E-state index is 0.508. The molecule has 1 N–H and O–H groups in total. The van der Waals surface area contributed by atoms with E-state index in [1.165, 1.54) is 18.4 Å². The summed E-state index contributed by atoms with van der Waals surface area (Å²) in [5.41, 5.74) is 3.36. The van der Waals surface area contributed by atoms with Crippen LogP contribution >= 0.6 is 0 Å². The number of nitrogens with zero attached hydrogens (tertiary/aromatic N) is 1. The van der Waals surface area contributed by atoms with Gasteiger partial charge in [0.1, 0.15) is 18.1 Å². The Bertz CT molecular complexity index is 564. The predicted octanol–water partition coefficient (Wildman–Crippen LogP) is 3.34. The first-order valence-corrected chi connectivity index (χ1v) is 7.59. The van der Waals surface area contributed by atoms with Gasteiger partial charge >= 0.3 is 0 Å². The molecule has 1 aliphatic rings. The molecule has 0 aliphatic carbocycles. The molecule has 0 amide bonds. The minimum atomic E-state index is 0.508. The van der Waals surface area contributed by atoms with E-state index in [1.807, 2.05) is 13.8 Å². The Balaban J connectivity index is 1.62. The lowest BCUT2D eigenvalue weighted by Crippen LogP contribution is -2.26. The first-order chi connectivity index (χ1) is 10.2. The zero-order chi connectivity index (χ0) is 14.7. The number of hydrogen-bond donors (Lipinski definition) is 1. The fourth-order valence-electron chi connectivity index (χ4n) is 2.85. The zero-order valence-corrected chi connectivity index (χ0v) is 12.7. The van der Waals surface area contributed by atoms with Crippen LogP contribution in [0.25, 0.3) is 0 Å². The maximum absolute atomic E-state index is 5.84. The Morgan fingerprint density at radius 3 is 2.52 bits per heavy atom. The van der Waals surface area contributed by atoms with E-state index in [2.05, 4.69) is 34.7 Å². The molecule has 2 heterocycles. The molecule has 0 radical (unpaired) electrons. The third kappa shape index (κ3) is 3.27. The first-order valence-electron chi connectivity index (χ1n) is 7.59. The Morgan fingerprint density at radius 1 is 1.19 bits per heavy atom. The lowest BCUT2D eigenvalue weighted by atomic mass is 9.90. The van der Waals surface area contributed by atoms with E-state index < -0.39 is 0 Å². The van der Waals surface area contributed by atoms with E-state index in [0.717, 1.165) is 35.9 Å².